The highest BCUT2D eigenvalue weighted by Gasteiger charge is 2.17. The number of methoxy groups -OCH3 is 1. The molecule has 1 heterocycles. The highest BCUT2D eigenvalue weighted by molar-refractivity contribution is 9.10. The Morgan fingerprint density at radius 2 is 1.82 bits per heavy atom. The lowest BCUT2D eigenvalue weighted by atomic mass is 10.1. The van der Waals surface area contributed by atoms with Gasteiger partial charge in [-0.05, 0) is 48.9 Å². The van der Waals surface area contributed by atoms with Crippen molar-refractivity contribution in [1.82, 2.24) is 20.2 Å². The third-order valence-corrected chi connectivity index (χ3v) is 6.34. The lowest BCUT2D eigenvalue weighted by Crippen LogP contribution is -2.21. The second-order valence-electron chi connectivity index (χ2n) is 7.24. The van der Waals surface area contributed by atoms with E-state index in [1.54, 1.807) is 7.11 Å². The molecule has 0 atom stereocenters. The molecule has 0 saturated carbocycles. The van der Waals surface area contributed by atoms with E-state index in [2.05, 4.69) is 36.7 Å². The molecule has 0 fully saturated rings. The molecule has 4 aromatic rings. The standard InChI is InChI=1S/C25H22BrN5O2S/c1-17(19-9-6-10-20(26)15-19)27-28-23(32)16-34-25-30-29-24(18-7-4-3-5-8-18)31(25)21-11-13-22(33-2)14-12-21/h3-15H,16H2,1-2H3,(H,28,32)/b27-17-. The Morgan fingerprint density at radius 1 is 1.06 bits per heavy atom. The molecule has 0 aliphatic heterocycles. The van der Waals surface area contributed by atoms with Crippen LogP contribution >= 0.6 is 27.7 Å². The Bertz CT molecular complexity index is 1310. The van der Waals surface area contributed by atoms with Crippen LogP contribution in [0.4, 0.5) is 0 Å². The van der Waals surface area contributed by atoms with Gasteiger partial charge in [-0.2, -0.15) is 5.10 Å². The molecule has 9 heteroatoms. The Morgan fingerprint density at radius 3 is 2.53 bits per heavy atom. The third-order valence-electron chi connectivity index (χ3n) is 4.92. The van der Waals surface area contributed by atoms with Crippen molar-refractivity contribution in [3.63, 3.8) is 0 Å². The van der Waals surface area contributed by atoms with Crippen molar-refractivity contribution in [2.75, 3.05) is 12.9 Å². The van der Waals surface area contributed by atoms with Gasteiger partial charge < -0.3 is 4.74 Å². The summed E-state index contributed by atoms with van der Waals surface area (Å²) in [6, 6.07) is 25.2. The van der Waals surface area contributed by atoms with Crippen molar-refractivity contribution in [1.29, 1.82) is 0 Å². The van der Waals surface area contributed by atoms with Crippen LogP contribution in [-0.2, 0) is 4.79 Å². The molecule has 0 aliphatic carbocycles. The molecular formula is C25H22BrN5O2S. The van der Waals surface area contributed by atoms with Crippen LogP contribution in [0.15, 0.2) is 93.6 Å². The number of aromatic nitrogens is 3. The number of nitrogens with zero attached hydrogens (tertiary/aromatic N) is 4. The predicted octanol–water partition coefficient (Wildman–Crippen LogP) is 5.34. The Hall–Kier alpha value is -3.43. The minimum absolute atomic E-state index is 0.137. The SMILES string of the molecule is COc1ccc(-n2c(SCC(=O)N/N=C(/C)c3cccc(Br)c3)nnc2-c2ccccc2)cc1. The fourth-order valence-electron chi connectivity index (χ4n) is 3.19. The summed E-state index contributed by atoms with van der Waals surface area (Å²) in [6.45, 7) is 1.85. The topological polar surface area (TPSA) is 81.4 Å². The number of nitrogens with one attached hydrogen (secondary N) is 1. The summed E-state index contributed by atoms with van der Waals surface area (Å²) in [5.74, 6) is 1.35. The molecule has 1 amide bonds. The van der Waals surface area contributed by atoms with Crippen molar-refractivity contribution in [3.8, 4) is 22.8 Å². The van der Waals surface area contributed by atoms with E-state index in [1.807, 2.05) is 90.4 Å². The van der Waals surface area contributed by atoms with Crippen molar-refractivity contribution < 1.29 is 9.53 Å². The number of halogens is 1. The largest absolute Gasteiger partial charge is 0.497 e. The number of rotatable bonds is 8. The first-order valence-electron chi connectivity index (χ1n) is 10.4. The summed E-state index contributed by atoms with van der Waals surface area (Å²) in [4.78, 5) is 12.5. The van der Waals surface area contributed by atoms with Crippen LogP contribution < -0.4 is 10.2 Å². The summed E-state index contributed by atoms with van der Waals surface area (Å²) in [6.07, 6.45) is 0. The molecule has 0 spiro atoms. The zero-order chi connectivity index (χ0) is 23.9. The monoisotopic (exact) mass is 535 g/mol. The van der Waals surface area contributed by atoms with E-state index in [1.165, 1.54) is 11.8 Å². The average Bonchev–Trinajstić information content (AvgIpc) is 3.30. The number of hydrazone groups is 1. The molecule has 4 rings (SSSR count). The molecule has 1 aromatic heterocycles. The molecule has 3 aromatic carbocycles. The number of ether oxygens (including phenoxy) is 1. The van der Waals surface area contributed by atoms with E-state index >= 15 is 0 Å². The first-order valence-corrected chi connectivity index (χ1v) is 12.2. The zero-order valence-corrected chi connectivity index (χ0v) is 21.0. The Balaban J connectivity index is 1.53. The first-order chi connectivity index (χ1) is 16.5. The summed E-state index contributed by atoms with van der Waals surface area (Å²) in [5.41, 5.74) is 6.06. The van der Waals surface area contributed by atoms with Gasteiger partial charge in [-0.25, -0.2) is 5.43 Å². The van der Waals surface area contributed by atoms with Crippen LogP contribution in [0, 0.1) is 0 Å². The van der Waals surface area contributed by atoms with Gasteiger partial charge in [0.15, 0.2) is 11.0 Å². The molecule has 0 radical (unpaired) electrons. The molecule has 0 unspecified atom stereocenters. The number of carbonyl (C=O) groups excluding carboxylic acids is 1. The Labute approximate surface area is 210 Å². The van der Waals surface area contributed by atoms with E-state index in [-0.39, 0.29) is 11.7 Å². The summed E-state index contributed by atoms with van der Waals surface area (Å²) < 4.78 is 8.17. The summed E-state index contributed by atoms with van der Waals surface area (Å²) in [7, 11) is 1.63. The van der Waals surface area contributed by atoms with Crippen molar-refractivity contribution in [2.45, 2.75) is 12.1 Å². The fraction of sp³-hybridized carbons (Fsp3) is 0.120. The van der Waals surface area contributed by atoms with E-state index in [0.717, 1.165) is 27.0 Å². The summed E-state index contributed by atoms with van der Waals surface area (Å²) in [5, 5.41) is 13.6. The lowest BCUT2D eigenvalue weighted by Gasteiger charge is -2.11. The molecule has 1 N–H and O–H groups in total. The number of carbonyl (C=O) groups is 1. The lowest BCUT2D eigenvalue weighted by molar-refractivity contribution is -0.118. The van der Waals surface area contributed by atoms with Gasteiger partial charge in [0.05, 0.1) is 18.6 Å². The minimum atomic E-state index is -0.232. The molecule has 172 valence electrons. The quantitative estimate of drug-likeness (QED) is 0.187. The van der Waals surface area contributed by atoms with Gasteiger partial charge in [0.1, 0.15) is 5.75 Å². The van der Waals surface area contributed by atoms with Crippen molar-refractivity contribution in [3.05, 3.63) is 88.9 Å². The van der Waals surface area contributed by atoms with Crippen LogP contribution in [0.5, 0.6) is 5.75 Å². The van der Waals surface area contributed by atoms with Gasteiger partial charge in [0.25, 0.3) is 5.91 Å². The molecule has 0 aliphatic rings. The third kappa shape index (κ3) is 5.73. The maximum absolute atomic E-state index is 12.5. The molecule has 34 heavy (non-hydrogen) atoms. The van der Waals surface area contributed by atoms with Crippen molar-refractivity contribution >= 4 is 39.3 Å². The van der Waals surface area contributed by atoms with Gasteiger partial charge in [-0.1, -0.05) is 70.2 Å². The molecule has 7 nitrogen and oxygen atoms in total. The van der Waals surface area contributed by atoms with E-state index in [4.69, 9.17) is 4.74 Å². The van der Waals surface area contributed by atoms with Crippen LogP contribution in [0.25, 0.3) is 17.1 Å². The second-order valence-corrected chi connectivity index (χ2v) is 9.10. The number of thioether (sulfide) groups is 1. The van der Waals surface area contributed by atoms with Crippen LogP contribution in [-0.4, -0.2) is 39.2 Å². The number of hydrogen-bond donors (Lipinski definition) is 1. The van der Waals surface area contributed by atoms with Gasteiger partial charge in [-0.3, -0.25) is 9.36 Å². The van der Waals surface area contributed by atoms with Crippen LogP contribution in [0.2, 0.25) is 0 Å². The second kappa shape index (κ2) is 11.1. The van der Waals surface area contributed by atoms with Gasteiger partial charge in [0.2, 0.25) is 0 Å². The fourth-order valence-corrected chi connectivity index (χ4v) is 4.33. The number of benzene rings is 3. The van der Waals surface area contributed by atoms with Gasteiger partial charge >= 0.3 is 0 Å². The molecule has 0 saturated heterocycles. The predicted molar refractivity (Wildman–Crippen MR) is 139 cm³/mol. The van der Waals surface area contributed by atoms with Gasteiger partial charge in [0, 0.05) is 15.7 Å². The maximum Gasteiger partial charge on any atom is 0.250 e. The normalized spacial score (nSPS) is 11.3. The van der Waals surface area contributed by atoms with E-state index in [9.17, 15) is 4.79 Å². The highest BCUT2D eigenvalue weighted by atomic mass is 79.9. The van der Waals surface area contributed by atoms with Crippen LogP contribution in [0.1, 0.15) is 12.5 Å². The summed E-state index contributed by atoms with van der Waals surface area (Å²) >= 11 is 4.74. The highest BCUT2D eigenvalue weighted by Crippen LogP contribution is 2.28. The van der Waals surface area contributed by atoms with Crippen molar-refractivity contribution in [2.24, 2.45) is 5.10 Å². The first kappa shape index (κ1) is 23.7. The van der Waals surface area contributed by atoms with E-state index in [0.29, 0.717) is 16.7 Å². The minimum Gasteiger partial charge on any atom is -0.497 e. The Kier molecular flexibility index (Phi) is 7.76. The average molecular weight is 536 g/mol. The van der Waals surface area contributed by atoms with Crippen LogP contribution in [0.3, 0.4) is 0 Å². The molecule has 0 bridgehead atoms. The number of hydrogen-bond acceptors (Lipinski definition) is 6. The molecular weight excluding hydrogens is 514 g/mol. The maximum atomic E-state index is 12.5. The zero-order valence-electron chi connectivity index (χ0n) is 18.6. The van der Waals surface area contributed by atoms with E-state index < -0.39 is 0 Å². The number of amides is 1. The smallest absolute Gasteiger partial charge is 0.250 e. The van der Waals surface area contributed by atoms with Gasteiger partial charge in [-0.15, -0.1) is 10.2 Å².